The topological polar surface area (TPSA) is 86.8 Å². The molecule has 0 radical (unpaired) electrons. The maximum absolute atomic E-state index is 13.9. The van der Waals surface area contributed by atoms with Crippen LogP contribution in [0.5, 0.6) is 0 Å². The van der Waals surface area contributed by atoms with Crippen LogP contribution in [-0.2, 0) is 26.2 Å². The molecule has 0 aliphatic heterocycles. The molecule has 40 heavy (non-hydrogen) atoms. The standard InChI is InChI=1S/C28H29Cl4N3O4S/c1-3-4-14-33-28(37)19(2)34(17-20-8-9-23(31)16-26(20)32)27(36)18-35(24-7-5-6-22(30)15-24)40(38,39)25-12-10-21(29)11-13-25/h5-13,15-16,19H,3-4,14,17-18H2,1-2H3,(H,33,37)/t19-/m1/s1. The first-order valence-corrected chi connectivity index (χ1v) is 15.4. The van der Waals surface area contributed by atoms with E-state index in [0.29, 0.717) is 27.2 Å². The zero-order valence-corrected chi connectivity index (χ0v) is 25.8. The lowest BCUT2D eigenvalue weighted by Gasteiger charge is -2.32. The zero-order valence-electron chi connectivity index (χ0n) is 21.9. The molecule has 0 spiro atoms. The summed E-state index contributed by atoms with van der Waals surface area (Å²) in [6.07, 6.45) is 1.66. The zero-order chi connectivity index (χ0) is 29.4. The number of anilines is 1. The smallest absolute Gasteiger partial charge is 0.264 e. The van der Waals surface area contributed by atoms with Gasteiger partial charge in [-0.25, -0.2) is 8.42 Å². The van der Waals surface area contributed by atoms with Gasteiger partial charge in [0.05, 0.1) is 10.6 Å². The van der Waals surface area contributed by atoms with Crippen molar-refractivity contribution in [1.82, 2.24) is 10.2 Å². The summed E-state index contributed by atoms with van der Waals surface area (Å²) in [5.41, 5.74) is 0.725. The van der Waals surface area contributed by atoms with Crippen molar-refractivity contribution in [2.45, 2.75) is 44.2 Å². The number of nitrogens with zero attached hydrogens (tertiary/aromatic N) is 2. The number of unbranched alkanes of at least 4 members (excludes halogenated alkanes) is 1. The molecule has 7 nitrogen and oxygen atoms in total. The molecule has 1 atom stereocenters. The summed E-state index contributed by atoms with van der Waals surface area (Å²) >= 11 is 24.6. The summed E-state index contributed by atoms with van der Waals surface area (Å²) in [5, 5.41) is 4.20. The minimum atomic E-state index is -4.24. The minimum Gasteiger partial charge on any atom is -0.354 e. The number of hydrogen-bond acceptors (Lipinski definition) is 4. The van der Waals surface area contributed by atoms with Gasteiger partial charge in [-0.1, -0.05) is 71.9 Å². The number of benzene rings is 3. The highest BCUT2D eigenvalue weighted by molar-refractivity contribution is 7.92. The molecule has 2 amide bonds. The van der Waals surface area contributed by atoms with E-state index in [1.807, 2.05) is 6.92 Å². The van der Waals surface area contributed by atoms with Gasteiger partial charge in [-0.15, -0.1) is 0 Å². The average Bonchev–Trinajstić information content (AvgIpc) is 2.91. The van der Waals surface area contributed by atoms with E-state index < -0.39 is 28.5 Å². The molecule has 0 bridgehead atoms. The van der Waals surface area contributed by atoms with Gasteiger partial charge >= 0.3 is 0 Å². The van der Waals surface area contributed by atoms with Crippen LogP contribution in [0.3, 0.4) is 0 Å². The van der Waals surface area contributed by atoms with Crippen LogP contribution in [0.4, 0.5) is 5.69 Å². The summed E-state index contributed by atoms with van der Waals surface area (Å²) in [6, 6.07) is 15.7. The fourth-order valence-electron chi connectivity index (χ4n) is 3.85. The number of rotatable bonds is 12. The summed E-state index contributed by atoms with van der Waals surface area (Å²) < 4.78 is 28.6. The van der Waals surface area contributed by atoms with E-state index in [-0.39, 0.29) is 28.1 Å². The molecule has 0 aliphatic carbocycles. The SMILES string of the molecule is CCCCNC(=O)[C@@H](C)N(Cc1ccc(Cl)cc1Cl)C(=O)CN(c1cccc(Cl)c1)S(=O)(=O)c1ccc(Cl)cc1. The van der Waals surface area contributed by atoms with E-state index in [1.54, 1.807) is 31.2 Å². The van der Waals surface area contributed by atoms with Crippen molar-refractivity contribution in [2.24, 2.45) is 0 Å². The maximum atomic E-state index is 13.9. The van der Waals surface area contributed by atoms with Crippen molar-refractivity contribution >= 4 is 73.9 Å². The molecule has 0 saturated carbocycles. The quantitative estimate of drug-likeness (QED) is 0.219. The van der Waals surface area contributed by atoms with Crippen molar-refractivity contribution in [2.75, 3.05) is 17.4 Å². The number of amides is 2. The molecule has 3 aromatic rings. The van der Waals surface area contributed by atoms with Gasteiger partial charge in [-0.05, 0) is 73.5 Å². The molecule has 3 rings (SSSR count). The lowest BCUT2D eigenvalue weighted by atomic mass is 10.1. The molecule has 0 fully saturated rings. The van der Waals surface area contributed by atoms with Gasteiger partial charge in [-0.2, -0.15) is 0 Å². The summed E-state index contributed by atoms with van der Waals surface area (Å²) in [4.78, 5) is 28.2. The molecule has 12 heteroatoms. The fourth-order valence-corrected chi connectivity index (χ4v) is 6.03. The monoisotopic (exact) mass is 643 g/mol. The molecule has 3 aromatic carbocycles. The predicted octanol–water partition coefficient (Wildman–Crippen LogP) is 6.83. The molecule has 0 heterocycles. The molecule has 0 aliphatic rings. The molecule has 0 unspecified atom stereocenters. The van der Waals surface area contributed by atoms with Crippen molar-refractivity contribution in [3.8, 4) is 0 Å². The number of carbonyl (C=O) groups excluding carboxylic acids is 2. The first-order chi connectivity index (χ1) is 18.9. The Morgan fingerprint density at radius 1 is 0.900 bits per heavy atom. The lowest BCUT2D eigenvalue weighted by molar-refractivity contribution is -0.139. The third-order valence-electron chi connectivity index (χ3n) is 6.13. The van der Waals surface area contributed by atoms with Gasteiger partial charge < -0.3 is 10.2 Å². The van der Waals surface area contributed by atoms with Crippen molar-refractivity contribution < 1.29 is 18.0 Å². The lowest BCUT2D eigenvalue weighted by Crippen LogP contribution is -2.51. The third-order valence-corrected chi connectivity index (χ3v) is 8.99. The van der Waals surface area contributed by atoms with Gasteiger partial charge in [0, 0.05) is 33.2 Å². The largest absolute Gasteiger partial charge is 0.354 e. The number of halogens is 4. The second-order valence-electron chi connectivity index (χ2n) is 9.02. The van der Waals surface area contributed by atoms with Crippen molar-refractivity contribution in [3.63, 3.8) is 0 Å². The van der Waals surface area contributed by atoms with Crippen molar-refractivity contribution in [3.05, 3.63) is 92.4 Å². The van der Waals surface area contributed by atoms with E-state index >= 15 is 0 Å². The molecule has 0 saturated heterocycles. The third kappa shape index (κ3) is 8.27. The summed E-state index contributed by atoms with van der Waals surface area (Å²) in [6.45, 7) is 3.37. The van der Waals surface area contributed by atoms with E-state index in [4.69, 9.17) is 46.4 Å². The van der Waals surface area contributed by atoms with Crippen LogP contribution in [0.2, 0.25) is 20.1 Å². The number of carbonyl (C=O) groups is 2. The second kappa shape index (κ2) is 14.4. The first-order valence-electron chi connectivity index (χ1n) is 12.5. The minimum absolute atomic E-state index is 0.0540. The van der Waals surface area contributed by atoms with Crippen LogP contribution in [0, 0.1) is 0 Å². The Morgan fingerprint density at radius 2 is 1.55 bits per heavy atom. The first kappa shape index (κ1) is 32.0. The Hall–Kier alpha value is -2.49. The van der Waals surface area contributed by atoms with Gasteiger partial charge in [0.25, 0.3) is 10.0 Å². The van der Waals surface area contributed by atoms with Gasteiger partial charge in [0.15, 0.2) is 0 Å². The van der Waals surface area contributed by atoms with Crippen molar-refractivity contribution in [1.29, 1.82) is 0 Å². The molecular formula is C28H29Cl4N3O4S. The molecule has 1 N–H and O–H groups in total. The van der Waals surface area contributed by atoms with Crippen LogP contribution >= 0.6 is 46.4 Å². The Kier molecular flexibility index (Phi) is 11.5. The Labute approximate surface area is 255 Å². The van der Waals surface area contributed by atoms with Crippen LogP contribution in [-0.4, -0.2) is 44.3 Å². The van der Waals surface area contributed by atoms with Crippen LogP contribution in [0.1, 0.15) is 32.3 Å². The highest BCUT2D eigenvalue weighted by atomic mass is 35.5. The van der Waals surface area contributed by atoms with E-state index in [2.05, 4.69) is 5.32 Å². The van der Waals surface area contributed by atoms with Gasteiger partial charge in [-0.3, -0.25) is 13.9 Å². The Bertz CT molecular complexity index is 1450. The summed E-state index contributed by atoms with van der Waals surface area (Å²) in [5.74, 6) is -0.997. The average molecular weight is 645 g/mol. The predicted molar refractivity (Wildman–Crippen MR) is 162 cm³/mol. The maximum Gasteiger partial charge on any atom is 0.264 e. The number of hydrogen-bond donors (Lipinski definition) is 1. The molecule has 214 valence electrons. The van der Waals surface area contributed by atoms with Crippen LogP contribution < -0.4 is 9.62 Å². The van der Waals surface area contributed by atoms with E-state index in [1.165, 1.54) is 47.4 Å². The normalized spacial score (nSPS) is 12.1. The highest BCUT2D eigenvalue weighted by Gasteiger charge is 2.33. The fraction of sp³-hybridized carbons (Fsp3) is 0.286. The Balaban J connectivity index is 2.02. The van der Waals surface area contributed by atoms with E-state index in [0.717, 1.165) is 17.1 Å². The molecule has 0 aromatic heterocycles. The summed E-state index contributed by atoms with van der Waals surface area (Å²) in [7, 11) is -4.24. The number of sulfonamides is 1. The Morgan fingerprint density at radius 3 is 2.17 bits per heavy atom. The molecular weight excluding hydrogens is 616 g/mol. The van der Waals surface area contributed by atoms with Crippen LogP contribution in [0.15, 0.2) is 71.6 Å². The van der Waals surface area contributed by atoms with Gasteiger partial charge in [0.2, 0.25) is 11.8 Å². The van der Waals surface area contributed by atoms with Gasteiger partial charge in [0.1, 0.15) is 12.6 Å². The van der Waals surface area contributed by atoms with E-state index in [9.17, 15) is 18.0 Å². The highest BCUT2D eigenvalue weighted by Crippen LogP contribution is 2.28. The second-order valence-corrected chi connectivity index (χ2v) is 12.6. The van der Waals surface area contributed by atoms with Crippen LogP contribution in [0.25, 0.3) is 0 Å². The number of nitrogens with one attached hydrogen (secondary N) is 1.